The number of halogens is 2. The van der Waals surface area contributed by atoms with Crippen molar-refractivity contribution in [1.82, 2.24) is 25.1 Å². The van der Waals surface area contributed by atoms with Gasteiger partial charge in [-0.1, -0.05) is 31.2 Å². The van der Waals surface area contributed by atoms with Crippen molar-refractivity contribution in [3.63, 3.8) is 0 Å². The van der Waals surface area contributed by atoms with Crippen molar-refractivity contribution in [3.8, 4) is 11.6 Å². The van der Waals surface area contributed by atoms with Gasteiger partial charge in [-0.05, 0) is 63.8 Å². The number of carbonyl (C=O) groups is 2. The molecule has 2 atom stereocenters. The molecule has 0 unspecified atom stereocenters. The van der Waals surface area contributed by atoms with Gasteiger partial charge in [-0.15, -0.1) is 5.10 Å². The molecule has 2 aromatic carbocycles. The zero-order chi connectivity index (χ0) is 29.5. The standard InChI is InChI=1S/C29H36F2N6O4/c1-5-36-17-25(26(41-36)20-13-14-23(30)24(31)16-20)32-29(39)33-27-19(2)28(34-37(27)21-10-7-6-8-11-21)40-18-22(38)12-9-15-35(3)4/h6-8,10-11,13-14,16,25-26H,5,9,12,15,17-18H2,1-4H3,(H2,32,33,39)/t25-,26+/m1/s1. The number of hydrogen-bond donors (Lipinski definition) is 2. The van der Waals surface area contributed by atoms with Gasteiger partial charge < -0.3 is 15.0 Å². The average Bonchev–Trinajstić information content (AvgIpc) is 3.49. The van der Waals surface area contributed by atoms with Crippen molar-refractivity contribution in [2.45, 2.75) is 38.8 Å². The molecule has 3 aromatic rings. The van der Waals surface area contributed by atoms with Crippen molar-refractivity contribution in [3.05, 3.63) is 71.3 Å². The van der Waals surface area contributed by atoms with Crippen LogP contribution in [0.15, 0.2) is 48.5 Å². The van der Waals surface area contributed by atoms with Gasteiger partial charge in [-0.25, -0.2) is 18.3 Å². The van der Waals surface area contributed by atoms with Crippen LogP contribution in [0.25, 0.3) is 5.69 Å². The zero-order valence-electron chi connectivity index (χ0n) is 23.7. The third-order valence-electron chi connectivity index (χ3n) is 6.71. The summed E-state index contributed by atoms with van der Waals surface area (Å²) in [7, 11) is 3.90. The Balaban J connectivity index is 1.51. The van der Waals surface area contributed by atoms with Gasteiger partial charge in [0, 0.05) is 19.5 Å². The van der Waals surface area contributed by atoms with Gasteiger partial charge in [0.2, 0.25) is 5.88 Å². The number of anilines is 1. The lowest BCUT2D eigenvalue weighted by Crippen LogP contribution is -2.42. The summed E-state index contributed by atoms with van der Waals surface area (Å²) >= 11 is 0. The molecule has 2 amide bonds. The Hall–Kier alpha value is -3.87. The monoisotopic (exact) mass is 570 g/mol. The number of para-hydroxylation sites is 1. The number of hydrogen-bond acceptors (Lipinski definition) is 7. The highest BCUT2D eigenvalue weighted by molar-refractivity contribution is 5.90. The maximum atomic E-state index is 14.0. The van der Waals surface area contributed by atoms with E-state index >= 15 is 0 Å². The van der Waals surface area contributed by atoms with Crippen molar-refractivity contribution < 1.29 is 27.9 Å². The van der Waals surface area contributed by atoms with E-state index in [1.165, 1.54) is 10.7 Å². The smallest absolute Gasteiger partial charge is 0.320 e. The summed E-state index contributed by atoms with van der Waals surface area (Å²) in [5, 5.41) is 11.9. The summed E-state index contributed by atoms with van der Waals surface area (Å²) in [6, 6.07) is 11.7. The summed E-state index contributed by atoms with van der Waals surface area (Å²) < 4.78 is 34.8. The molecule has 0 saturated carbocycles. The molecule has 0 aliphatic carbocycles. The van der Waals surface area contributed by atoms with Crippen LogP contribution < -0.4 is 15.4 Å². The van der Waals surface area contributed by atoms with Crippen LogP contribution in [0.2, 0.25) is 0 Å². The van der Waals surface area contributed by atoms with Crippen LogP contribution in [-0.2, 0) is 9.63 Å². The number of aromatic nitrogens is 2. The third-order valence-corrected chi connectivity index (χ3v) is 6.71. The maximum absolute atomic E-state index is 14.0. The first kappa shape index (κ1) is 30.1. The lowest BCUT2D eigenvalue weighted by atomic mass is 10.0. The molecule has 1 saturated heterocycles. The Bertz CT molecular complexity index is 1350. The van der Waals surface area contributed by atoms with Crippen molar-refractivity contribution in [1.29, 1.82) is 0 Å². The van der Waals surface area contributed by atoms with Crippen LogP contribution in [-0.4, -0.2) is 77.9 Å². The number of ether oxygens (including phenoxy) is 1. The number of ketones is 1. The first-order valence-corrected chi connectivity index (χ1v) is 13.5. The van der Waals surface area contributed by atoms with E-state index < -0.39 is 29.8 Å². The second-order valence-electron chi connectivity index (χ2n) is 10.1. The van der Waals surface area contributed by atoms with Gasteiger partial charge in [0.25, 0.3) is 0 Å². The molecule has 0 spiro atoms. The number of amides is 2. The van der Waals surface area contributed by atoms with E-state index in [9.17, 15) is 18.4 Å². The normalized spacial score (nSPS) is 17.1. The number of carbonyl (C=O) groups excluding carboxylic acids is 2. The molecule has 2 heterocycles. The van der Waals surface area contributed by atoms with Crippen LogP contribution in [0, 0.1) is 18.6 Å². The van der Waals surface area contributed by atoms with Crippen molar-refractivity contribution in [2.75, 3.05) is 45.7 Å². The minimum Gasteiger partial charge on any atom is -0.468 e. The predicted octanol–water partition coefficient (Wildman–Crippen LogP) is 4.25. The van der Waals surface area contributed by atoms with Crippen LogP contribution in [0.1, 0.15) is 37.0 Å². The van der Waals surface area contributed by atoms with Gasteiger partial charge in [0.1, 0.15) is 18.5 Å². The van der Waals surface area contributed by atoms with E-state index in [2.05, 4.69) is 15.7 Å². The Morgan fingerprint density at radius 1 is 1.15 bits per heavy atom. The molecule has 10 nitrogen and oxygen atoms in total. The Morgan fingerprint density at radius 3 is 2.59 bits per heavy atom. The first-order valence-electron chi connectivity index (χ1n) is 13.5. The number of rotatable bonds is 12. The van der Waals surface area contributed by atoms with E-state index in [1.54, 1.807) is 12.0 Å². The van der Waals surface area contributed by atoms with E-state index in [0.29, 0.717) is 42.1 Å². The molecule has 220 valence electrons. The highest BCUT2D eigenvalue weighted by atomic mass is 19.2. The fraction of sp³-hybridized carbons (Fsp3) is 0.414. The Morgan fingerprint density at radius 2 is 1.90 bits per heavy atom. The summed E-state index contributed by atoms with van der Waals surface area (Å²) in [4.78, 5) is 33.6. The van der Waals surface area contributed by atoms with Gasteiger partial charge in [-0.2, -0.15) is 5.06 Å². The molecule has 41 heavy (non-hydrogen) atoms. The molecule has 1 aliphatic heterocycles. The SMILES string of the molecule is CCN1C[C@@H](NC(=O)Nc2c(C)c(OCC(=O)CCCN(C)C)nn2-c2ccccc2)[C@H](c2ccc(F)c(F)c2)O1. The lowest BCUT2D eigenvalue weighted by Gasteiger charge is -2.19. The molecule has 12 heteroatoms. The van der Waals surface area contributed by atoms with E-state index in [4.69, 9.17) is 9.57 Å². The Labute approximate surface area is 238 Å². The molecule has 1 fully saturated rings. The van der Waals surface area contributed by atoms with E-state index in [0.717, 1.165) is 25.1 Å². The maximum Gasteiger partial charge on any atom is 0.320 e. The van der Waals surface area contributed by atoms with Crippen molar-refractivity contribution >= 4 is 17.6 Å². The lowest BCUT2D eigenvalue weighted by molar-refractivity contribution is -0.144. The second kappa shape index (κ2) is 13.7. The van der Waals surface area contributed by atoms with Gasteiger partial charge in [-0.3, -0.25) is 14.9 Å². The molecule has 0 bridgehead atoms. The van der Waals surface area contributed by atoms with Gasteiger partial charge in [0.15, 0.2) is 17.4 Å². The summed E-state index contributed by atoms with van der Waals surface area (Å²) in [5.74, 6) is -1.40. The summed E-state index contributed by atoms with van der Waals surface area (Å²) in [5.41, 5.74) is 1.63. The predicted molar refractivity (Wildman–Crippen MR) is 150 cm³/mol. The second-order valence-corrected chi connectivity index (χ2v) is 10.1. The van der Waals surface area contributed by atoms with Crippen LogP contribution in [0.3, 0.4) is 0 Å². The first-order chi connectivity index (χ1) is 19.7. The zero-order valence-corrected chi connectivity index (χ0v) is 23.7. The Kier molecular flexibility index (Phi) is 10.0. The molecular formula is C29H36F2N6O4. The number of Topliss-reactive ketones (excluding diaryl/α,β-unsaturated/α-hetero) is 1. The molecule has 0 radical (unpaired) electrons. The summed E-state index contributed by atoms with van der Waals surface area (Å²) in [6.45, 7) is 5.18. The minimum absolute atomic E-state index is 0.0438. The molecule has 1 aliphatic rings. The third kappa shape index (κ3) is 7.66. The largest absolute Gasteiger partial charge is 0.468 e. The number of nitrogens with one attached hydrogen (secondary N) is 2. The van der Waals surface area contributed by atoms with E-state index in [1.807, 2.05) is 56.3 Å². The minimum atomic E-state index is -0.990. The van der Waals surface area contributed by atoms with Crippen molar-refractivity contribution in [2.24, 2.45) is 0 Å². The average molecular weight is 571 g/mol. The van der Waals surface area contributed by atoms with Gasteiger partial charge in [0.05, 0.1) is 17.3 Å². The highest BCUT2D eigenvalue weighted by Gasteiger charge is 2.36. The molecule has 1 aromatic heterocycles. The fourth-order valence-corrected chi connectivity index (χ4v) is 4.54. The number of hydroxylamine groups is 2. The number of nitrogens with zero attached hydrogens (tertiary/aromatic N) is 4. The molecular weight excluding hydrogens is 534 g/mol. The number of likely N-dealkylation sites (N-methyl/N-ethyl adjacent to an activating group) is 1. The molecule has 4 rings (SSSR count). The quantitative estimate of drug-likeness (QED) is 0.336. The summed E-state index contributed by atoms with van der Waals surface area (Å²) in [6.07, 6.45) is 0.404. The van der Waals surface area contributed by atoms with Gasteiger partial charge >= 0.3 is 6.03 Å². The topological polar surface area (TPSA) is 101 Å². The van der Waals surface area contributed by atoms with E-state index in [-0.39, 0.29) is 18.3 Å². The molecule has 2 N–H and O–H groups in total. The van der Waals surface area contributed by atoms with Crippen LogP contribution in [0.4, 0.5) is 19.4 Å². The highest BCUT2D eigenvalue weighted by Crippen LogP contribution is 2.31. The fourth-order valence-electron chi connectivity index (χ4n) is 4.54. The van der Waals surface area contributed by atoms with Crippen LogP contribution >= 0.6 is 0 Å². The number of benzene rings is 2. The number of urea groups is 1. The van der Waals surface area contributed by atoms with Crippen LogP contribution in [0.5, 0.6) is 5.88 Å².